The van der Waals surface area contributed by atoms with Crippen molar-refractivity contribution in [3.8, 4) is 29.4 Å². The number of methoxy groups -OCH3 is 1. The van der Waals surface area contributed by atoms with Crippen LogP contribution in [0.4, 0.5) is 4.39 Å². The molecule has 1 unspecified atom stereocenters. The quantitative estimate of drug-likeness (QED) is 0.208. The van der Waals surface area contributed by atoms with E-state index in [1.807, 2.05) is 48.5 Å². The van der Waals surface area contributed by atoms with Crippen molar-refractivity contribution in [3.05, 3.63) is 131 Å². The van der Waals surface area contributed by atoms with Crippen molar-refractivity contribution in [2.24, 2.45) is 0 Å². The van der Waals surface area contributed by atoms with Crippen LogP contribution >= 0.6 is 0 Å². The Morgan fingerprint density at radius 1 is 0.738 bits per heavy atom. The highest BCUT2D eigenvalue weighted by atomic mass is 32.2. The van der Waals surface area contributed by atoms with Gasteiger partial charge in [-0.25, -0.2) is 12.8 Å². The smallest absolute Gasteiger partial charge is 0.186 e. The fraction of sp³-hybridized carbons (Fsp3) is 0.243. The van der Waals surface area contributed by atoms with Crippen molar-refractivity contribution in [1.82, 2.24) is 0 Å². The van der Waals surface area contributed by atoms with Crippen LogP contribution in [0.2, 0.25) is 0 Å². The Morgan fingerprint density at radius 2 is 1.26 bits per heavy atom. The molecule has 0 bridgehead atoms. The van der Waals surface area contributed by atoms with Gasteiger partial charge >= 0.3 is 0 Å². The van der Waals surface area contributed by atoms with Gasteiger partial charge in [-0.05, 0) is 92.9 Å². The van der Waals surface area contributed by atoms with Crippen LogP contribution in [0.5, 0.6) is 5.75 Å². The summed E-state index contributed by atoms with van der Waals surface area (Å²) in [5.41, 5.74) is 2.72. The van der Waals surface area contributed by atoms with Gasteiger partial charge in [-0.3, -0.25) is 0 Å². The molecule has 4 aromatic carbocycles. The van der Waals surface area contributed by atoms with Gasteiger partial charge in [-0.2, -0.15) is 0 Å². The van der Waals surface area contributed by atoms with Gasteiger partial charge in [-0.1, -0.05) is 78.3 Å². The number of hydrogen-bond donors (Lipinski definition) is 0. The summed E-state index contributed by atoms with van der Waals surface area (Å²) in [5.74, 6) is 13.5. The van der Waals surface area contributed by atoms with Crippen LogP contribution in [0, 0.1) is 29.5 Å². The molecule has 4 rings (SSSR count). The number of halogens is 1. The zero-order chi connectivity index (χ0) is 30.4. The zero-order valence-corrected chi connectivity index (χ0v) is 25.4. The summed E-state index contributed by atoms with van der Waals surface area (Å²) >= 11 is 0. The van der Waals surface area contributed by atoms with E-state index in [2.05, 4.69) is 51.4 Å². The number of sulfone groups is 1. The van der Waals surface area contributed by atoms with E-state index in [1.54, 1.807) is 37.4 Å². The van der Waals surface area contributed by atoms with E-state index in [1.165, 1.54) is 24.3 Å². The van der Waals surface area contributed by atoms with Crippen molar-refractivity contribution >= 4 is 9.84 Å². The van der Waals surface area contributed by atoms with Crippen molar-refractivity contribution in [1.29, 1.82) is 0 Å². The van der Waals surface area contributed by atoms with Gasteiger partial charge in [0, 0.05) is 12.0 Å². The topological polar surface area (TPSA) is 43.4 Å². The summed E-state index contributed by atoms with van der Waals surface area (Å²) in [6.45, 7) is 8.39. The SMILES string of the molecule is COc1ccc(C(C)(C)C#CC(C)(C)c2ccc(C#CCC(c3ccc(F)cc3)S(=O)(=O)c3ccccc3)cc2)cc1. The van der Waals surface area contributed by atoms with E-state index in [0.29, 0.717) is 5.56 Å². The summed E-state index contributed by atoms with van der Waals surface area (Å²) in [7, 11) is -2.08. The van der Waals surface area contributed by atoms with Crippen LogP contribution in [0.1, 0.15) is 61.6 Å². The van der Waals surface area contributed by atoms with E-state index >= 15 is 0 Å². The lowest BCUT2D eigenvalue weighted by Crippen LogP contribution is -2.19. The van der Waals surface area contributed by atoms with Crippen LogP contribution in [0.3, 0.4) is 0 Å². The molecule has 3 nitrogen and oxygen atoms in total. The molecule has 42 heavy (non-hydrogen) atoms. The van der Waals surface area contributed by atoms with Crippen molar-refractivity contribution in [3.63, 3.8) is 0 Å². The molecule has 0 amide bonds. The first-order valence-corrected chi connectivity index (χ1v) is 15.3. The molecule has 0 N–H and O–H groups in total. The third-order valence-corrected chi connectivity index (χ3v) is 9.43. The van der Waals surface area contributed by atoms with Crippen molar-refractivity contribution in [2.75, 3.05) is 7.11 Å². The minimum Gasteiger partial charge on any atom is -0.497 e. The Labute approximate surface area is 249 Å². The molecule has 0 heterocycles. The van der Waals surface area contributed by atoms with E-state index in [9.17, 15) is 12.8 Å². The molecule has 0 aromatic heterocycles. The second-order valence-corrected chi connectivity index (χ2v) is 13.3. The fourth-order valence-corrected chi connectivity index (χ4v) is 6.22. The second kappa shape index (κ2) is 12.7. The zero-order valence-electron chi connectivity index (χ0n) is 24.6. The molecular weight excluding hydrogens is 543 g/mol. The molecular formula is C37H35FO3S. The van der Waals surface area contributed by atoms with Crippen molar-refractivity contribution in [2.45, 2.75) is 55.1 Å². The summed E-state index contributed by atoms with van der Waals surface area (Å²) in [6, 6.07) is 29.7. The standard InChI is InChI=1S/C37H35FO3S/c1-36(2,26-27-37(3,4)31-20-24-33(41-5)25-21-31)30-18-14-28(15-19-30)10-9-13-35(29-16-22-32(38)23-17-29)42(39,40)34-11-7-6-8-12-34/h6-8,11-12,14-25,35H,13H2,1-5H3. The molecule has 0 fully saturated rings. The second-order valence-electron chi connectivity index (χ2n) is 11.2. The molecule has 214 valence electrons. The average Bonchev–Trinajstić information content (AvgIpc) is 3.00. The predicted octanol–water partition coefficient (Wildman–Crippen LogP) is 8.05. The molecule has 0 aliphatic rings. The molecule has 1 atom stereocenters. The maximum absolute atomic E-state index is 13.6. The molecule has 0 saturated heterocycles. The Bertz CT molecular complexity index is 1730. The molecule has 0 saturated carbocycles. The number of rotatable bonds is 7. The highest BCUT2D eigenvalue weighted by molar-refractivity contribution is 7.91. The van der Waals surface area contributed by atoms with Gasteiger partial charge < -0.3 is 4.74 Å². The Morgan fingerprint density at radius 3 is 1.79 bits per heavy atom. The van der Waals surface area contributed by atoms with E-state index in [4.69, 9.17) is 4.74 Å². The van der Waals surface area contributed by atoms with Gasteiger partial charge in [-0.15, -0.1) is 0 Å². The summed E-state index contributed by atoms with van der Waals surface area (Å²) in [6.07, 6.45) is 0.0715. The maximum Gasteiger partial charge on any atom is 0.186 e. The van der Waals surface area contributed by atoms with Crippen LogP contribution in [-0.4, -0.2) is 15.5 Å². The summed E-state index contributed by atoms with van der Waals surface area (Å²) in [5, 5.41) is -0.921. The van der Waals surface area contributed by atoms with E-state index in [-0.39, 0.29) is 16.7 Å². The Kier molecular flexibility index (Phi) is 9.25. The number of benzene rings is 4. The highest BCUT2D eigenvalue weighted by Gasteiger charge is 2.28. The lowest BCUT2D eigenvalue weighted by atomic mass is 9.80. The lowest BCUT2D eigenvalue weighted by molar-refractivity contribution is 0.414. The summed E-state index contributed by atoms with van der Waals surface area (Å²) < 4.78 is 45.8. The van der Waals surface area contributed by atoms with E-state index < -0.39 is 26.3 Å². The Hall–Kier alpha value is -4.32. The van der Waals surface area contributed by atoms with Crippen LogP contribution in [-0.2, 0) is 20.7 Å². The van der Waals surface area contributed by atoms with Crippen LogP contribution in [0.25, 0.3) is 0 Å². The van der Waals surface area contributed by atoms with Crippen molar-refractivity contribution < 1.29 is 17.5 Å². The van der Waals surface area contributed by atoms with Gasteiger partial charge in [0.2, 0.25) is 0 Å². The first kappa shape index (κ1) is 30.6. The maximum atomic E-state index is 13.6. The molecule has 0 spiro atoms. The first-order valence-electron chi connectivity index (χ1n) is 13.7. The number of ether oxygens (including phenoxy) is 1. The normalized spacial score (nSPS) is 12.3. The highest BCUT2D eigenvalue weighted by Crippen LogP contribution is 2.32. The monoisotopic (exact) mass is 578 g/mol. The van der Waals surface area contributed by atoms with Gasteiger partial charge in [0.1, 0.15) is 16.8 Å². The molecule has 0 radical (unpaired) electrons. The third-order valence-electron chi connectivity index (χ3n) is 7.31. The first-order chi connectivity index (χ1) is 19.9. The van der Waals surface area contributed by atoms with Gasteiger partial charge in [0.15, 0.2) is 9.84 Å². The number of hydrogen-bond acceptors (Lipinski definition) is 3. The average molecular weight is 579 g/mol. The minimum absolute atomic E-state index is 0.0715. The molecule has 4 aromatic rings. The predicted molar refractivity (Wildman–Crippen MR) is 168 cm³/mol. The van der Waals surface area contributed by atoms with Crippen LogP contribution in [0.15, 0.2) is 108 Å². The molecule has 0 aliphatic carbocycles. The summed E-state index contributed by atoms with van der Waals surface area (Å²) in [4.78, 5) is 0.212. The molecule has 0 aliphatic heterocycles. The van der Waals surface area contributed by atoms with Gasteiger partial charge in [0.25, 0.3) is 0 Å². The molecule has 5 heteroatoms. The van der Waals surface area contributed by atoms with E-state index in [0.717, 1.165) is 22.4 Å². The Balaban J connectivity index is 1.53. The van der Waals surface area contributed by atoms with Gasteiger partial charge in [0.05, 0.1) is 22.8 Å². The third kappa shape index (κ3) is 7.30. The fourth-order valence-electron chi connectivity index (χ4n) is 4.54. The largest absolute Gasteiger partial charge is 0.497 e. The lowest BCUT2D eigenvalue weighted by Gasteiger charge is -2.22. The van der Waals surface area contributed by atoms with Crippen LogP contribution < -0.4 is 4.74 Å². The minimum atomic E-state index is -3.74.